The van der Waals surface area contributed by atoms with Crippen molar-refractivity contribution in [3.8, 4) is 28.5 Å². The Morgan fingerprint density at radius 3 is 2.53 bits per heavy atom. The number of hydrogen-bond acceptors (Lipinski definition) is 6. The van der Waals surface area contributed by atoms with Crippen LogP contribution < -0.4 is 25.3 Å². The minimum Gasteiger partial charge on any atom is -0.497 e. The van der Waals surface area contributed by atoms with Crippen LogP contribution in [0.15, 0.2) is 66.9 Å². The number of methoxy groups -OCH3 is 1. The van der Waals surface area contributed by atoms with Crippen LogP contribution in [-0.2, 0) is 0 Å². The smallest absolute Gasteiger partial charge is 0.171 e. The van der Waals surface area contributed by atoms with Crippen LogP contribution in [-0.4, -0.2) is 35.6 Å². The van der Waals surface area contributed by atoms with Gasteiger partial charge in [0.25, 0.3) is 0 Å². The molecule has 1 heterocycles. The van der Waals surface area contributed by atoms with Crippen LogP contribution in [0.2, 0.25) is 0 Å². The van der Waals surface area contributed by atoms with Gasteiger partial charge in [-0.25, -0.2) is 9.37 Å². The summed E-state index contributed by atoms with van der Waals surface area (Å²) in [6, 6.07) is 17.1. The standard InChI is InChI=1S/C29H32FN5O3/c1-5-37-22-14-23(26(30)25(15-22)38-17(2)3)27(34-20-11-9-18(10-12-20)28(31)32)29-33-16-24(35-29)19-7-6-8-21(13-19)36-4/h6-17,27,34H,5H2,1-4H3,(H3,31,32)(H,33,35). The van der Waals surface area contributed by atoms with E-state index in [1.807, 2.05) is 45.0 Å². The Morgan fingerprint density at radius 2 is 1.87 bits per heavy atom. The maximum Gasteiger partial charge on any atom is 0.171 e. The number of rotatable bonds is 11. The lowest BCUT2D eigenvalue weighted by molar-refractivity contribution is 0.228. The van der Waals surface area contributed by atoms with Crippen molar-refractivity contribution in [3.05, 3.63) is 89.6 Å². The zero-order valence-electron chi connectivity index (χ0n) is 21.8. The number of ether oxygens (including phenoxy) is 3. The molecule has 0 spiro atoms. The first-order valence-corrected chi connectivity index (χ1v) is 12.3. The molecule has 0 aliphatic rings. The van der Waals surface area contributed by atoms with Gasteiger partial charge >= 0.3 is 0 Å². The Bertz CT molecular complexity index is 1400. The van der Waals surface area contributed by atoms with Crippen LogP contribution in [0.1, 0.15) is 43.8 Å². The summed E-state index contributed by atoms with van der Waals surface area (Å²) in [7, 11) is 1.61. The average Bonchev–Trinajstić information content (AvgIpc) is 3.39. The maximum absolute atomic E-state index is 16.0. The molecular formula is C29H32FN5O3. The highest BCUT2D eigenvalue weighted by molar-refractivity contribution is 5.95. The molecule has 0 radical (unpaired) electrons. The summed E-state index contributed by atoms with van der Waals surface area (Å²) in [5.74, 6) is 1.23. The molecule has 1 aromatic heterocycles. The summed E-state index contributed by atoms with van der Waals surface area (Å²) in [4.78, 5) is 8.02. The normalized spacial score (nSPS) is 11.7. The predicted octanol–water partition coefficient (Wildman–Crippen LogP) is 5.90. The Labute approximate surface area is 221 Å². The van der Waals surface area contributed by atoms with E-state index >= 15 is 4.39 Å². The summed E-state index contributed by atoms with van der Waals surface area (Å²) in [5, 5.41) is 11.0. The van der Waals surface area contributed by atoms with E-state index in [-0.39, 0.29) is 17.7 Å². The lowest BCUT2D eigenvalue weighted by Gasteiger charge is -2.22. The molecule has 1 atom stereocenters. The van der Waals surface area contributed by atoms with E-state index in [4.69, 9.17) is 30.3 Å². The first-order valence-electron chi connectivity index (χ1n) is 12.3. The summed E-state index contributed by atoms with van der Waals surface area (Å²) in [5.41, 5.74) is 8.71. The van der Waals surface area contributed by atoms with E-state index in [1.165, 1.54) is 0 Å². The molecule has 0 saturated heterocycles. The molecule has 5 N–H and O–H groups in total. The van der Waals surface area contributed by atoms with Crippen molar-refractivity contribution in [2.75, 3.05) is 19.0 Å². The highest BCUT2D eigenvalue weighted by Gasteiger charge is 2.26. The molecule has 38 heavy (non-hydrogen) atoms. The Balaban J connectivity index is 1.82. The number of aromatic amines is 1. The van der Waals surface area contributed by atoms with Gasteiger partial charge < -0.3 is 30.2 Å². The van der Waals surface area contributed by atoms with Gasteiger partial charge in [0, 0.05) is 34.6 Å². The molecule has 0 bridgehead atoms. The number of anilines is 1. The second kappa shape index (κ2) is 11.7. The van der Waals surface area contributed by atoms with Crippen molar-refractivity contribution in [1.82, 2.24) is 9.97 Å². The summed E-state index contributed by atoms with van der Waals surface area (Å²) < 4.78 is 32.8. The van der Waals surface area contributed by atoms with Gasteiger partial charge in [0.1, 0.15) is 29.2 Å². The molecule has 8 nitrogen and oxygen atoms in total. The van der Waals surface area contributed by atoms with Crippen molar-refractivity contribution >= 4 is 11.5 Å². The molecule has 0 saturated carbocycles. The van der Waals surface area contributed by atoms with Gasteiger partial charge in [-0.05, 0) is 63.2 Å². The third-order valence-electron chi connectivity index (χ3n) is 5.77. The third kappa shape index (κ3) is 6.05. The first-order chi connectivity index (χ1) is 18.3. The number of aromatic nitrogens is 2. The molecule has 9 heteroatoms. The number of imidazole rings is 1. The van der Waals surface area contributed by atoms with Crippen LogP contribution >= 0.6 is 0 Å². The fourth-order valence-electron chi connectivity index (χ4n) is 4.01. The van der Waals surface area contributed by atoms with Crippen molar-refractivity contribution in [1.29, 1.82) is 5.41 Å². The van der Waals surface area contributed by atoms with Gasteiger partial charge in [0.2, 0.25) is 0 Å². The number of hydrogen-bond donors (Lipinski definition) is 4. The number of amidine groups is 1. The third-order valence-corrected chi connectivity index (χ3v) is 5.77. The van der Waals surface area contributed by atoms with Crippen LogP contribution in [0.25, 0.3) is 11.3 Å². The molecule has 198 valence electrons. The first kappa shape index (κ1) is 26.5. The minimum absolute atomic E-state index is 0.0343. The van der Waals surface area contributed by atoms with E-state index in [2.05, 4.69) is 10.3 Å². The number of H-pyrrole nitrogens is 1. The number of nitrogen functional groups attached to an aromatic ring is 1. The number of nitrogens with two attached hydrogens (primary N) is 1. The predicted molar refractivity (Wildman–Crippen MR) is 147 cm³/mol. The van der Waals surface area contributed by atoms with E-state index in [9.17, 15) is 0 Å². The molecule has 4 rings (SSSR count). The molecular weight excluding hydrogens is 485 g/mol. The molecule has 4 aromatic rings. The lowest BCUT2D eigenvalue weighted by Crippen LogP contribution is -2.18. The fraction of sp³-hybridized carbons (Fsp3) is 0.241. The Hall–Kier alpha value is -4.53. The van der Waals surface area contributed by atoms with Gasteiger partial charge in [0.15, 0.2) is 11.6 Å². The van der Waals surface area contributed by atoms with Crippen LogP contribution in [0, 0.1) is 11.2 Å². The highest BCUT2D eigenvalue weighted by Crippen LogP contribution is 2.36. The van der Waals surface area contributed by atoms with E-state index in [0.717, 1.165) is 5.56 Å². The topological polar surface area (TPSA) is 118 Å². The van der Waals surface area contributed by atoms with Crippen molar-refractivity contribution in [2.24, 2.45) is 5.73 Å². The molecule has 1 unspecified atom stereocenters. The molecule has 3 aromatic carbocycles. The minimum atomic E-state index is -0.729. The van der Waals surface area contributed by atoms with Gasteiger partial charge in [-0.3, -0.25) is 5.41 Å². The van der Waals surface area contributed by atoms with E-state index in [0.29, 0.717) is 46.4 Å². The van der Waals surface area contributed by atoms with Gasteiger partial charge in [-0.15, -0.1) is 0 Å². The van der Waals surface area contributed by atoms with E-state index < -0.39 is 11.9 Å². The quantitative estimate of drug-likeness (QED) is 0.145. The second-order valence-electron chi connectivity index (χ2n) is 8.90. The van der Waals surface area contributed by atoms with Gasteiger partial charge in [-0.2, -0.15) is 0 Å². The molecule has 0 aliphatic heterocycles. The lowest BCUT2D eigenvalue weighted by atomic mass is 10.0. The van der Waals surface area contributed by atoms with Crippen molar-refractivity contribution < 1.29 is 18.6 Å². The SMILES string of the molecule is CCOc1cc(OC(C)C)c(F)c(C(Nc2ccc(C(=N)N)cc2)c2nc(-c3cccc(OC)c3)c[nH]2)c1. The average molecular weight is 518 g/mol. The van der Waals surface area contributed by atoms with Crippen LogP contribution in [0.4, 0.5) is 10.1 Å². The largest absolute Gasteiger partial charge is 0.497 e. The number of nitrogens with one attached hydrogen (secondary N) is 3. The summed E-state index contributed by atoms with van der Waals surface area (Å²) >= 11 is 0. The fourth-order valence-corrected chi connectivity index (χ4v) is 4.01. The summed E-state index contributed by atoms with van der Waals surface area (Å²) in [6.07, 6.45) is 1.54. The zero-order valence-corrected chi connectivity index (χ0v) is 21.8. The van der Waals surface area contributed by atoms with Crippen LogP contribution in [0.3, 0.4) is 0 Å². The monoisotopic (exact) mass is 517 g/mol. The van der Waals surface area contributed by atoms with Crippen molar-refractivity contribution in [3.63, 3.8) is 0 Å². The Morgan fingerprint density at radius 1 is 1.11 bits per heavy atom. The maximum atomic E-state index is 16.0. The van der Waals surface area contributed by atoms with Gasteiger partial charge in [-0.1, -0.05) is 12.1 Å². The number of benzene rings is 3. The van der Waals surface area contributed by atoms with E-state index in [1.54, 1.807) is 49.7 Å². The molecule has 0 aliphatic carbocycles. The zero-order chi connectivity index (χ0) is 27.2. The number of halogens is 1. The summed E-state index contributed by atoms with van der Waals surface area (Å²) in [6.45, 7) is 5.96. The van der Waals surface area contributed by atoms with Gasteiger partial charge in [0.05, 0.1) is 25.5 Å². The molecule has 0 fully saturated rings. The Kier molecular flexibility index (Phi) is 8.15. The van der Waals surface area contributed by atoms with Crippen molar-refractivity contribution in [2.45, 2.75) is 32.9 Å². The highest BCUT2D eigenvalue weighted by atomic mass is 19.1. The number of nitrogens with zero attached hydrogens (tertiary/aromatic N) is 1. The second-order valence-corrected chi connectivity index (χ2v) is 8.90. The van der Waals surface area contributed by atoms with Crippen LogP contribution in [0.5, 0.6) is 17.2 Å². The molecule has 0 amide bonds.